The molecular formula is C22H15F3N4O3S. The molecule has 0 aliphatic carbocycles. The molecule has 33 heavy (non-hydrogen) atoms. The molecule has 0 saturated heterocycles. The van der Waals surface area contributed by atoms with E-state index in [1.807, 2.05) is 6.07 Å². The van der Waals surface area contributed by atoms with Gasteiger partial charge in [-0.25, -0.2) is 5.01 Å². The second-order valence-corrected chi connectivity index (χ2v) is 7.47. The van der Waals surface area contributed by atoms with Crippen molar-refractivity contribution in [2.75, 3.05) is 10.8 Å². The lowest BCUT2D eigenvalue weighted by Crippen LogP contribution is -2.27. The van der Waals surface area contributed by atoms with E-state index < -0.39 is 17.6 Å². The average Bonchev–Trinajstić information content (AvgIpc) is 3.50. The van der Waals surface area contributed by atoms with Gasteiger partial charge in [0.15, 0.2) is 5.76 Å². The van der Waals surface area contributed by atoms with Crippen LogP contribution in [0.5, 0.6) is 0 Å². The lowest BCUT2D eigenvalue weighted by molar-refractivity contribution is -0.137. The molecule has 0 bridgehead atoms. The zero-order valence-electron chi connectivity index (χ0n) is 16.8. The van der Waals surface area contributed by atoms with Crippen LogP contribution in [-0.4, -0.2) is 28.1 Å². The number of thioether (sulfide) groups is 1. The first-order valence-corrected chi connectivity index (χ1v) is 10.5. The maximum atomic E-state index is 13.2. The molecule has 2 heterocycles. The van der Waals surface area contributed by atoms with Gasteiger partial charge in [0.05, 0.1) is 29.5 Å². The maximum Gasteiger partial charge on any atom is 0.416 e. The number of alkyl halides is 3. The predicted molar refractivity (Wildman–Crippen MR) is 116 cm³/mol. The highest BCUT2D eigenvalue weighted by atomic mass is 32.2. The van der Waals surface area contributed by atoms with Crippen LogP contribution in [0.15, 0.2) is 92.2 Å². The Kier molecular flexibility index (Phi) is 6.59. The van der Waals surface area contributed by atoms with E-state index in [4.69, 9.17) is 8.83 Å². The van der Waals surface area contributed by atoms with E-state index in [2.05, 4.69) is 15.3 Å². The molecule has 2 aromatic carbocycles. The molecule has 1 amide bonds. The molecule has 2 aromatic heterocycles. The molecule has 0 N–H and O–H groups in total. The standard InChI is InChI=1S/C22H15F3N4O3S/c23-22(24,25)16-8-4-9-17(12-16)29(26-13-15-6-2-1-3-7-15)19(30)14-33-21-28-27-20(32-21)18-10-5-11-31-18/h1-13H,14H2. The number of aromatic nitrogens is 2. The molecule has 0 unspecified atom stereocenters. The normalized spacial score (nSPS) is 11.7. The van der Waals surface area contributed by atoms with E-state index in [9.17, 15) is 18.0 Å². The van der Waals surface area contributed by atoms with Gasteiger partial charge in [-0.15, -0.1) is 10.2 Å². The SMILES string of the molecule is O=C(CSc1nnc(-c2ccco2)o1)N(N=Cc1ccccc1)c1cccc(C(F)(F)F)c1. The van der Waals surface area contributed by atoms with Crippen molar-refractivity contribution in [3.8, 4) is 11.7 Å². The monoisotopic (exact) mass is 472 g/mol. The van der Waals surface area contributed by atoms with Crippen LogP contribution in [0.4, 0.5) is 18.9 Å². The summed E-state index contributed by atoms with van der Waals surface area (Å²) in [6, 6.07) is 16.6. The number of carbonyl (C=O) groups excluding carboxylic acids is 1. The Labute approximate surface area is 189 Å². The zero-order chi connectivity index (χ0) is 23.3. The fourth-order valence-electron chi connectivity index (χ4n) is 2.71. The number of hydrogen-bond donors (Lipinski definition) is 0. The van der Waals surface area contributed by atoms with Crippen molar-refractivity contribution in [3.05, 3.63) is 84.1 Å². The summed E-state index contributed by atoms with van der Waals surface area (Å²) < 4.78 is 50.2. The van der Waals surface area contributed by atoms with Gasteiger partial charge in [-0.1, -0.05) is 48.2 Å². The van der Waals surface area contributed by atoms with Crippen molar-refractivity contribution in [2.24, 2.45) is 5.10 Å². The second kappa shape index (κ2) is 9.74. The van der Waals surface area contributed by atoms with Crippen molar-refractivity contribution in [1.82, 2.24) is 10.2 Å². The highest BCUT2D eigenvalue weighted by molar-refractivity contribution is 7.99. The number of carbonyl (C=O) groups is 1. The summed E-state index contributed by atoms with van der Waals surface area (Å²) in [6.45, 7) is 0. The molecule has 0 radical (unpaired) electrons. The summed E-state index contributed by atoms with van der Waals surface area (Å²) >= 11 is 0.932. The number of hydrogen-bond acceptors (Lipinski definition) is 7. The molecule has 0 fully saturated rings. The Morgan fingerprint density at radius 2 is 1.88 bits per heavy atom. The molecule has 4 rings (SSSR count). The molecule has 11 heteroatoms. The average molecular weight is 472 g/mol. The van der Waals surface area contributed by atoms with Crippen molar-refractivity contribution in [2.45, 2.75) is 11.4 Å². The number of amides is 1. The lowest BCUT2D eigenvalue weighted by Gasteiger charge is -2.18. The van der Waals surface area contributed by atoms with E-state index in [1.54, 1.807) is 36.4 Å². The van der Waals surface area contributed by atoms with Gasteiger partial charge in [0.1, 0.15) is 0 Å². The summed E-state index contributed by atoms with van der Waals surface area (Å²) in [7, 11) is 0. The van der Waals surface area contributed by atoms with Gasteiger partial charge in [-0.05, 0) is 35.9 Å². The minimum Gasteiger partial charge on any atom is -0.459 e. The third-order valence-corrected chi connectivity index (χ3v) is 5.04. The maximum absolute atomic E-state index is 13.2. The number of furan rings is 1. The van der Waals surface area contributed by atoms with E-state index in [-0.39, 0.29) is 22.6 Å². The van der Waals surface area contributed by atoms with Gasteiger partial charge in [0, 0.05) is 0 Å². The zero-order valence-corrected chi connectivity index (χ0v) is 17.6. The Morgan fingerprint density at radius 1 is 1.06 bits per heavy atom. The number of halogens is 3. The molecular weight excluding hydrogens is 457 g/mol. The van der Waals surface area contributed by atoms with E-state index in [0.717, 1.165) is 28.9 Å². The van der Waals surface area contributed by atoms with Crippen LogP contribution in [-0.2, 0) is 11.0 Å². The Morgan fingerprint density at radius 3 is 2.61 bits per heavy atom. The molecule has 0 spiro atoms. The van der Waals surface area contributed by atoms with Gasteiger partial charge in [-0.2, -0.15) is 18.3 Å². The van der Waals surface area contributed by atoms with Crippen LogP contribution in [0.2, 0.25) is 0 Å². The Bertz CT molecular complexity index is 1240. The predicted octanol–water partition coefficient (Wildman–Crippen LogP) is 5.51. The van der Waals surface area contributed by atoms with Crippen LogP contribution in [0.25, 0.3) is 11.7 Å². The van der Waals surface area contributed by atoms with Crippen LogP contribution < -0.4 is 5.01 Å². The summed E-state index contributed by atoms with van der Waals surface area (Å²) in [4.78, 5) is 12.9. The van der Waals surface area contributed by atoms with Gasteiger partial charge < -0.3 is 8.83 Å². The number of rotatable bonds is 7. The topological polar surface area (TPSA) is 84.7 Å². The van der Waals surface area contributed by atoms with Crippen LogP contribution in [0.3, 0.4) is 0 Å². The summed E-state index contributed by atoms with van der Waals surface area (Å²) in [6.07, 6.45) is -1.72. The van der Waals surface area contributed by atoms with Crippen LogP contribution in [0.1, 0.15) is 11.1 Å². The molecule has 0 aliphatic heterocycles. The van der Waals surface area contributed by atoms with Gasteiger partial charge in [0.2, 0.25) is 0 Å². The molecule has 0 aliphatic rings. The molecule has 4 aromatic rings. The third kappa shape index (κ3) is 5.69. The van der Waals surface area contributed by atoms with E-state index in [1.165, 1.54) is 24.6 Å². The largest absolute Gasteiger partial charge is 0.459 e. The second-order valence-electron chi connectivity index (χ2n) is 6.55. The Balaban J connectivity index is 1.55. The first kappa shape index (κ1) is 22.3. The molecule has 0 atom stereocenters. The first-order valence-electron chi connectivity index (χ1n) is 9.49. The number of nitrogens with zero attached hydrogens (tertiary/aromatic N) is 4. The van der Waals surface area contributed by atoms with Gasteiger partial charge >= 0.3 is 6.18 Å². The fourth-order valence-corrected chi connectivity index (χ4v) is 3.31. The van der Waals surface area contributed by atoms with Crippen molar-refractivity contribution in [3.63, 3.8) is 0 Å². The van der Waals surface area contributed by atoms with E-state index in [0.29, 0.717) is 11.3 Å². The summed E-state index contributed by atoms with van der Waals surface area (Å²) in [5, 5.41) is 12.8. The Hall–Kier alpha value is -3.86. The van der Waals surface area contributed by atoms with Gasteiger partial charge in [-0.3, -0.25) is 4.79 Å². The van der Waals surface area contributed by atoms with Crippen LogP contribution >= 0.6 is 11.8 Å². The number of hydrazone groups is 1. The number of anilines is 1. The first-order chi connectivity index (χ1) is 15.9. The minimum atomic E-state index is -4.56. The number of benzene rings is 2. The van der Waals surface area contributed by atoms with E-state index >= 15 is 0 Å². The lowest BCUT2D eigenvalue weighted by atomic mass is 10.2. The van der Waals surface area contributed by atoms with Crippen molar-refractivity contribution >= 4 is 29.6 Å². The fraction of sp³-hybridized carbons (Fsp3) is 0.0909. The summed E-state index contributed by atoms with van der Waals surface area (Å²) in [5.41, 5.74) is -0.236. The smallest absolute Gasteiger partial charge is 0.416 e. The summed E-state index contributed by atoms with van der Waals surface area (Å²) in [5.74, 6) is -0.267. The quantitative estimate of drug-likeness (QED) is 0.200. The van der Waals surface area contributed by atoms with Gasteiger partial charge in [0.25, 0.3) is 17.0 Å². The highest BCUT2D eigenvalue weighted by Gasteiger charge is 2.31. The molecule has 168 valence electrons. The van der Waals surface area contributed by atoms with Crippen LogP contribution in [0, 0.1) is 0 Å². The minimum absolute atomic E-state index is 0.0237. The molecule has 7 nitrogen and oxygen atoms in total. The highest BCUT2D eigenvalue weighted by Crippen LogP contribution is 2.32. The van der Waals surface area contributed by atoms with Crippen molar-refractivity contribution < 1.29 is 26.8 Å². The third-order valence-electron chi connectivity index (χ3n) is 4.23. The van der Waals surface area contributed by atoms with Crippen molar-refractivity contribution in [1.29, 1.82) is 0 Å². The molecule has 0 saturated carbocycles.